The van der Waals surface area contributed by atoms with Crippen molar-refractivity contribution in [3.8, 4) is 0 Å². The molecule has 1 amide bonds. The first-order valence-corrected chi connectivity index (χ1v) is 8.98. The predicted molar refractivity (Wildman–Crippen MR) is 92.4 cm³/mol. The second-order valence-electron chi connectivity index (χ2n) is 6.64. The maximum Gasteiger partial charge on any atom is 0.346 e. The Morgan fingerprint density at radius 2 is 2.04 bits per heavy atom. The molecule has 1 saturated heterocycles. The highest BCUT2D eigenvalue weighted by molar-refractivity contribution is 5.92. The minimum atomic E-state index is -3.74. The molecule has 152 valence electrons. The number of aromatic amines is 1. The van der Waals surface area contributed by atoms with E-state index in [1.54, 1.807) is 0 Å². The Balaban J connectivity index is 2.35. The number of anilines is 1. The van der Waals surface area contributed by atoms with E-state index < -0.39 is 42.4 Å². The van der Waals surface area contributed by atoms with E-state index in [0.29, 0.717) is 12.8 Å². The van der Waals surface area contributed by atoms with Crippen molar-refractivity contribution in [1.29, 1.82) is 0 Å². The van der Waals surface area contributed by atoms with Gasteiger partial charge in [-0.25, -0.2) is 18.6 Å². The highest BCUT2D eigenvalue weighted by Crippen LogP contribution is 2.46. The van der Waals surface area contributed by atoms with Gasteiger partial charge in [0.15, 0.2) is 6.10 Å². The molecule has 0 aliphatic carbocycles. The van der Waals surface area contributed by atoms with Gasteiger partial charge in [-0.2, -0.15) is 0 Å². The number of carbonyl (C=O) groups is 1. The van der Waals surface area contributed by atoms with E-state index in [2.05, 4.69) is 15.3 Å². The molecule has 0 unspecified atom stereocenters. The number of aliphatic hydroxyl groups excluding tert-OH is 2. The third-order valence-electron chi connectivity index (χ3n) is 4.60. The largest absolute Gasteiger partial charge is 0.394 e. The molecule has 10 heteroatoms. The van der Waals surface area contributed by atoms with E-state index in [1.807, 2.05) is 13.8 Å². The van der Waals surface area contributed by atoms with E-state index in [0.717, 1.165) is 19.0 Å². The molecule has 0 radical (unpaired) electrons. The number of hydrogen-bond acceptors (Lipinski definition) is 6. The minimum absolute atomic E-state index is 0.243. The first-order chi connectivity index (χ1) is 12.8. The van der Waals surface area contributed by atoms with Crippen LogP contribution in [0.5, 0.6) is 0 Å². The number of alkyl halides is 2. The summed E-state index contributed by atoms with van der Waals surface area (Å²) in [6.45, 7) is 3.05. The zero-order chi connectivity index (χ0) is 20.2. The van der Waals surface area contributed by atoms with Gasteiger partial charge in [0.1, 0.15) is 18.0 Å². The molecule has 1 aromatic rings. The molecule has 0 bridgehead atoms. The van der Waals surface area contributed by atoms with Crippen molar-refractivity contribution >= 4 is 11.7 Å². The topological polar surface area (TPSA) is 125 Å². The molecule has 0 aromatic carbocycles. The lowest BCUT2D eigenvalue weighted by Crippen LogP contribution is -2.38. The molecule has 4 N–H and O–H groups in total. The van der Waals surface area contributed by atoms with Crippen molar-refractivity contribution in [1.82, 2.24) is 9.97 Å². The number of nitrogens with zero attached hydrogens (tertiary/aromatic N) is 1. The van der Waals surface area contributed by atoms with E-state index in [1.165, 1.54) is 0 Å². The second-order valence-corrected chi connectivity index (χ2v) is 6.64. The number of rotatable bonds is 8. The lowest BCUT2D eigenvalue weighted by atomic mass is 9.97. The van der Waals surface area contributed by atoms with Gasteiger partial charge < -0.3 is 20.3 Å². The van der Waals surface area contributed by atoms with Crippen LogP contribution in [0.15, 0.2) is 11.0 Å². The average molecular weight is 389 g/mol. The Labute approximate surface area is 155 Å². The SMILES string of the molecule is CCCC(CCC)C(=O)Nc1[nH]c(=O)ncc1[C@@H]1O[C@H](CO)[C@@H](O)C1(F)F. The van der Waals surface area contributed by atoms with E-state index in [9.17, 15) is 23.5 Å². The fourth-order valence-corrected chi connectivity index (χ4v) is 3.20. The van der Waals surface area contributed by atoms with Crippen molar-refractivity contribution in [3.63, 3.8) is 0 Å². The number of halogens is 2. The molecule has 0 saturated carbocycles. The monoisotopic (exact) mass is 389 g/mol. The summed E-state index contributed by atoms with van der Waals surface area (Å²) in [7, 11) is 0. The number of carbonyl (C=O) groups excluding carboxylic acids is 1. The number of hydrogen-bond donors (Lipinski definition) is 4. The smallest absolute Gasteiger partial charge is 0.346 e. The summed E-state index contributed by atoms with van der Waals surface area (Å²) in [6, 6.07) is 0. The third kappa shape index (κ3) is 4.50. The van der Waals surface area contributed by atoms with Crippen LogP contribution in [0.1, 0.15) is 51.2 Å². The normalized spacial score (nSPS) is 24.3. The van der Waals surface area contributed by atoms with Crippen LogP contribution in [-0.2, 0) is 9.53 Å². The average Bonchev–Trinajstić information content (AvgIpc) is 2.85. The second kappa shape index (κ2) is 8.85. The Bertz CT molecular complexity index is 706. The fraction of sp³-hybridized carbons (Fsp3) is 0.706. The summed E-state index contributed by atoms with van der Waals surface area (Å²) >= 11 is 0. The molecular formula is C17H25F2N3O5. The van der Waals surface area contributed by atoms with Crippen LogP contribution < -0.4 is 11.0 Å². The maximum atomic E-state index is 14.4. The molecule has 0 spiro atoms. The van der Waals surface area contributed by atoms with Crippen LogP contribution in [0.4, 0.5) is 14.6 Å². The van der Waals surface area contributed by atoms with E-state index >= 15 is 0 Å². The highest BCUT2D eigenvalue weighted by Gasteiger charge is 2.59. The van der Waals surface area contributed by atoms with Gasteiger partial charge in [0.05, 0.1) is 6.61 Å². The van der Waals surface area contributed by atoms with E-state index in [-0.39, 0.29) is 17.3 Å². The lowest BCUT2D eigenvalue weighted by molar-refractivity contribution is -0.120. The van der Waals surface area contributed by atoms with Gasteiger partial charge >= 0.3 is 11.6 Å². The number of aromatic nitrogens is 2. The molecule has 1 aliphatic heterocycles. The number of H-pyrrole nitrogens is 1. The van der Waals surface area contributed by atoms with Crippen LogP contribution >= 0.6 is 0 Å². The standard InChI is InChI=1S/C17H25F2N3O5/c1-3-5-9(6-4-2)15(25)21-14-10(7-20-16(26)22-14)13-17(18,19)12(24)11(8-23)27-13/h7,9,11-13,23-24H,3-6,8H2,1-2H3,(H2,20,21,22,25,26)/t11-,12-,13+/m1/s1. The van der Waals surface area contributed by atoms with Crippen LogP contribution in [0.3, 0.4) is 0 Å². The molecule has 1 fully saturated rings. The van der Waals surface area contributed by atoms with Crippen LogP contribution in [-0.4, -0.2) is 50.8 Å². The van der Waals surface area contributed by atoms with Crippen molar-refractivity contribution in [2.24, 2.45) is 5.92 Å². The molecule has 2 rings (SSSR count). The fourth-order valence-electron chi connectivity index (χ4n) is 3.20. The van der Waals surface area contributed by atoms with Crippen molar-refractivity contribution in [2.45, 2.75) is 63.8 Å². The van der Waals surface area contributed by atoms with Gasteiger partial charge in [-0.3, -0.25) is 9.78 Å². The van der Waals surface area contributed by atoms with Crippen LogP contribution in [0, 0.1) is 5.92 Å². The van der Waals surface area contributed by atoms with Gasteiger partial charge in [-0.1, -0.05) is 26.7 Å². The summed E-state index contributed by atoms with van der Waals surface area (Å²) in [5, 5.41) is 21.3. The zero-order valence-corrected chi connectivity index (χ0v) is 15.2. The van der Waals surface area contributed by atoms with Crippen molar-refractivity contribution < 1.29 is 28.5 Å². The first-order valence-electron chi connectivity index (χ1n) is 8.98. The van der Waals surface area contributed by atoms with Crippen molar-refractivity contribution in [3.05, 3.63) is 22.2 Å². The van der Waals surface area contributed by atoms with E-state index in [4.69, 9.17) is 9.84 Å². The number of nitrogens with one attached hydrogen (secondary N) is 2. The molecule has 1 aliphatic rings. The number of ether oxygens (including phenoxy) is 1. The molecular weight excluding hydrogens is 364 g/mol. The highest BCUT2D eigenvalue weighted by atomic mass is 19.3. The summed E-state index contributed by atoms with van der Waals surface area (Å²) < 4.78 is 33.9. The Kier molecular flexibility index (Phi) is 7.01. The number of amides is 1. The minimum Gasteiger partial charge on any atom is -0.394 e. The van der Waals surface area contributed by atoms with Gasteiger partial charge in [-0.15, -0.1) is 0 Å². The first kappa shape index (κ1) is 21.4. The lowest BCUT2D eigenvalue weighted by Gasteiger charge is -2.22. The molecule has 1 aromatic heterocycles. The quantitative estimate of drug-likeness (QED) is 0.532. The van der Waals surface area contributed by atoms with Gasteiger partial charge in [0.25, 0.3) is 0 Å². The maximum absolute atomic E-state index is 14.4. The Morgan fingerprint density at radius 1 is 1.41 bits per heavy atom. The summed E-state index contributed by atoms with van der Waals surface area (Å²) in [5.41, 5.74) is -1.09. The molecule has 2 heterocycles. The Morgan fingerprint density at radius 3 is 2.56 bits per heavy atom. The zero-order valence-electron chi connectivity index (χ0n) is 15.2. The molecule has 8 nitrogen and oxygen atoms in total. The summed E-state index contributed by atoms with van der Waals surface area (Å²) in [5.74, 6) is -4.71. The van der Waals surface area contributed by atoms with Crippen LogP contribution in [0.25, 0.3) is 0 Å². The molecule has 3 atom stereocenters. The number of aliphatic hydroxyl groups is 2. The summed E-state index contributed by atoms with van der Waals surface area (Å²) in [4.78, 5) is 29.8. The predicted octanol–water partition coefficient (Wildman–Crippen LogP) is 1.35. The summed E-state index contributed by atoms with van der Waals surface area (Å²) in [6.07, 6.45) is -2.03. The third-order valence-corrected chi connectivity index (χ3v) is 4.60. The molecule has 27 heavy (non-hydrogen) atoms. The van der Waals surface area contributed by atoms with Crippen LogP contribution in [0.2, 0.25) is 0 Å². The Hall–Kier alpha value is -1.91. The van der Waals surface area contributed by atoms with Crippen molar-refractivity contribution in [2.75, 3.05) is 11.9 Å². The van der Waals surface area contributed by atoms with Gasteiger partial charge in [-0.05, 0) is 12.8 Å². The van der Waals surface area contributed by atoms with Gasteiger partial charge in [0.2, 0.25) is 5.91 Å². The van der Waals surface area contributed by atoms with Gasteiger partial charge in [0, 0.05) is 17.7 Å².